The summed E-state index contributed by atoms with van der Waals surface area (Å²) in [6.45, 7) is 1.40. The molecule has 66 valence electrons. The van der Waals surface area contributed by atoms with E-state index in [-0.39, 0.29) is 0 Å². The van der Waals surface area contributed by atoms with Crippen LogP contribution in [0.5, 0.6) is 0 Å². The van der Waals surface area contributed by atoms with E-state index in [1.54, 1.807) is 0 Å². The molecule has 2 nitrogen and oxygen atoms in total. The molecule has 0 amide bonds. The molecule has 1 aromatic rings. The van der Waals surface area contributed by atoms with Crippen molar-refractivity contribution in [3.05, 3.63) is 41.0 Å². The predicted molar refractivity (Wildman–Crippen MR) is 50.6 cm³/mol. The van der Waals surface area contributed by atoms with Gasteiger partial charge in [-0.1, -0.05) is 30.3 Å². The molecule has 0 bridgehead atoms. The number of rotatable bonds is 2. The molecule has 1 aliphatic heterocycles. The van der Waals surface area contributed by atoms with Crippen molar-refractivity contribution in [2.45, 2.75) is 0 Å². The molecule has 0 unspecified atom stereocenters. The molecular weight excluding hydrogens is 164 g/mol. The normalized spacial score (nSPS) is 14.9. The van der Waals surface area contributed by atoms with E-state index in [4.69, 9.17) is 4.74 Å². The third-order valence-corrected chi connectivity index (χ3v) is 2.06. The van der Waals surface area contributed by atoms with Gasteiger partial charge in [-0.15, -0.1) is 0 Å². The first-order valence-electron chi connectivity index (χ1n) is 4.21. The fourth-order valence-corrected chi connectivity index (χ4v) is 1.27. The lowest BCUT2D eigenvalue weighted by molar-refractivity contribution is 0.105. The lowest BCUT2D eigenvalue weighted by atomic mass is 10.0. The van der Waals surface area contributed by atoms with Gasteiger partial charge in [-0.25, -0.2) is 0 Å². The Labute approximate surface area is 76.8 Å². The lowest BCUT2D eigenvalue weighted by Crippen LogP contribution is -2.15. The van der Waals surface area contributed by atoms with Gasteiger partial charge in [-0.2, -0.15) is 0 Å². The maximum atomic E-state index is 10.7. The minimum Gasteiger partial charge on any atom is -0.373 e. The van der Waals surface area contributed by atoms with Crippen LogP contribution in [0.4, 0.5) is 0 Å². The molecule has 1 heterocycles. The minimum absolute atomic E-state index is 0.702. The maximum absolute atomic E-state index is 10.7. The van der Waals surface area contributed by atoms with Crippen molar-refractivity contribution in [2.75, 3.05) is 13.2 Å². The standard InChI is InChI=1S/C11H10O2/c12-6-11-4-2-1-3-10(11)5-9-7-13-8-9/h1-6H,7-8H2. The van der Waals surface area contributed by atoms with Crippen LogP contribution in [0.2, 0.25) is 0 Å². The Morgan fingerprint density at radius 1 is 1.15 bits per heavy atom. The average Bonchev–Trinajstić information content (AvgIpc) is 2.12. The first-order chi connectivity index (χ1) is 6.40. The van der Waals surface area contributed by atoms with E-state index in [9.17, 15) is 4.79 Å². The number of carbonyl (C=O) groups is 1. The van der Waals surface area contributed by atoms with E-state index in [1.807, 2.05) is 30.3 Å². The molecular formula is C11H10O2. The Hall–Kier alpha value is -1.41. The first kappa shape index (κ1) is 8.20. The molecule has 2 heteroatoms. The van der Waals surface area contributed by atoms with Gasteiger partial charge in [0, 0.05) is 5.56 Å². The summed E-state index contributed by atoms with van der Waals surface area (Å²) in [6.07, 6.45) is 2.90. The second-order valence-electron chi connectivity index (χ2n) is 3.04. The number of aldehydes is 1. The molecule has 2 rings (SSSR count). The second kappa shape index (κ2) is 3.54. The summed E-state index contributed by atoms with van der Waals surface area (Å²) in [6, 6.07) is 7.55. The van der Waals surface area contributed by atoms with Gasteiger partial charge in [0.15, 0.2) is 6.29 Å². The smallest absolute Gasteiger partial charge is 0.150 e. The number of benzene rings is 1. The third kappa shape index (κ3) is 1.68. The van der Waals surface area contributed by atoms with Crippen molar-refractivity contribution < 1.29 is 9.53 Å². The van der Waals surface area contributed by atoms with Gasteiger partial charge in [0.2, 0.25) is 0 Å². The summed E-state index contributed by atoms with van der Waals surface area (Å²) in [5, 5.41) is 0. The molecule has 1 saturated heterocycles. The molecule has 1 aliphatic rings. The van der Waals surface area contributed by atoms with Gasteiger partial charge in [0.1, 0.15) is 0 Å². The third-order valence-electron chi connectivity index (χ3n) is 2.06. The highest BCUT2D eigenvalue weighted by Crippen LogP contribution is 2.16. The van der Waals surface area contributed by atoms with E-state index >= 15 is 0 Å². The summed E-state index contributed by atoms with van der Waals surface area (Å²) in [5.74, 6) is 0. The summed E-state index contributed by atoms with van der Waals surface area (Å²) in [4.78, 5) is 10.7. The van der Waals surface area contributed by atoms with Crippen molar-refractivity contribution in [2.24, 2.45) is 0 Å². The van der Waals surface area contributed by atoms with Crippen molar-refractivity contribution in [1.29, 1.82) is 0 Å². The number of hydrogen-bond donors (Lipinski definition) is 0. The van der Waals surface area contributed by atoms with Crippen LogP contribution in [-0.2, 0) is 4.74 Å². The average molecular weight is 174 g/mol. The molecule has 1 aromatic carbocycles. The highest BCUT2D eigenvalue weighted by molar-refractivity contribution is 5.82. The first-order valence-corrected chi connectivity index (χ1v) is 4.21. The van der Waals surface area contributed by atoms with Gasteiger partial charge in [-0.3, -0.25) is 4.79 Å². The summed E-state index contributed by atoms with van der Waals surface area (Å²) in [7, 11) is 0. The van der Waals surface area contributed by atoms with E-state index in [2.05, 4.69) is 0 Å². The lowest BCUT2D eigenvalue weighted by Gasteiger charge is -2.17. The summed E-state index contributed by atoms with van der Waals surface area (Å²) in [5.41, 5.74) is 2.96. The van der Waals surface area contributed by atoms with Crippen LogP contribution >= 0.6 is 0 Å². The van der Waals surface area contributed by atoms with Crippen LogP contribution in [0.3, 0.4) is 0 Å². The van der Waals surface area contributed by atoms with Crippen molar-refractivity contribution in [3.63, 3.8) is 0 Å². The Morgan fingerprint density at radius 2 is 1.85 bits per heavy atom. The van der Waals surface area contributed by atoms with Gasteiger partial charge < -0.3 is 4.74 Å². The van der Waals surface area contributed by atoms with Crippen molar-refractivity contribution in [3.8, 4) is 0 Å². The predicted octanol–water partition coefficient (Wildman–Crippen LogP) is 1.91. The van der Waals surface area contributed by atoms with Crippen LogP contribution in [0, 0.1) is 0 Å². The van der Waals surface area contributed by atoms with E-state index in [0.29, 0.717) is 13.2 Å². The van der Waals surface area contributed by atoms with Gasteiger partial charge >= 0.3 is 0 Å². The van der Waals surface area contributed by atoms with E-state index in [1.165, 1.54) is 5.57 Å². The fraction of sp³-hybridized carbons (Fsp3) is 0.182. The Kier molecular flexibility index (Phi) is 2.23. The fourth-order valence-electron chi connectivity index (χ4n) is 1.27. The highest BCUT2D eigenvalue weighted by atomic mass is 16.5. The Bertz CT molecular complexity index is 347. The van der Waals surface area contributed by atoms with Gasteiger partial charge in [0.25, 0.3) is 0 Å². The zero-order valence-corrected chi connectivity index (χ0v) is 7.19. The monoisotopic (exact) mass is 174 g/mol. The second-order valence-corrected chi connectivity index (χ2v) is 3.04. The topological polar surface area (TPSA) is 26.3 Å². The Balaban J connectivity index is 2.32. The number of carbonyl (C=O) groups excluding carboxylic acids is 1. The van der Waals surface area contributed by atoms with Gasteiger partial charge in [-0.05, 0) is 11.1 Å². The molecule has 0 atom stereocenters. The molecule has 0 radical (unpaired) electrons. The molecule has 0 spiro atoms. The zero-order valence-electron chi connectivity index (χ0n) is 7.19. The SMILES string of the molecule is O=Cc1ccccc1C=C1COC1. The summed E-state index contributed by atoms with van der Waals surface area (Å²) < 4.78 is 5.02. The molecule has 13 heavy (non-hydrogen) atoms. The molecule has 1 fully saturated rings. The molecule has 0 N–H and O–H groups in total. The van der Waals surface area contributed by atoms with Crippen LogP contribution in [0.1, 0.15) is 15.9 Å². The quantitative estimate of drug-likeness (QED) is 0.640. The molecule has 0 saturated carbocycles. The van der Waals surface area contributed by atoms with Crippen molar-refractivity contribution >= 4 is 12.4 Å². The Morgan fingerprint density at radius 3 is 2.38 bits per heavy atom. The number of ether oxygens (including phenoxy) is 1. The van der Waals surface area contributed by atoms with Gasteiger partial charge in [0.05, 0.1) is 13.2 Å². The summed E-state index contributed by atoms with van der Waals surface area (Å²) >= 11 is 0. The van der Waals surface area contributed by atoms with E-state index in [0.717, 1.165) is 17.4 Å². The maximum Gasteiger partial charge on any atom is 0.150 e. The van der Waals surface area contributed by atoms with Crippen LogP contribution in [0.25, 0.3) is 6.08 Å². The molecule has 0 aromatic heterocycles. The molecule has 0 aliphatic carbocycles. The van der Waals surface area contributed by atoms with Crippen LogP contribution in [-0.4, -0.2) is 19.5 Å². The van der Waals surface area contributed by atoms with Crippen molar-refractivity contribution in [1.82, 2.24) is 0 Å². The van der Waals surface area contributed by atoms with Crippen LogP contribution < -0.4 is 0 Å². The number of hydrogen-bond acceptors (Lipinski definition) is 2. The van der Waals surface area contributed by atoms with Crippen LogP contribution in [0.15, 0.2) is 29.8 Å². The highest BCUT2D eigenvalue weighted by Gasteiger charge is 2.09. The zero-order chi connectivity index (χ0) is 9.10. The minimum atomic E-state index is 0.702. The largest absolute Gasteiger partial charge is 0.373 e. The van der Waals surface area contributed by atoms with E-state index < -0.39 is 0 Å².